The third-order valence-corrected chi connectivity index (χ3v) is 6.37. The van der Waals surface area contributed by atoms with Gasteiger partial charge < -0.3 is 14.8 Å². The van der Waals surface area contributed by atoms with Crippen LogP contribution in [0.5, 0.6) is 11.5 Å². The van der Waals surface area contributed by atoms with Gasteiger partial charge >= 0.3 is 0 Å². The molecule has 0 saturated carbocycles. The van der Waals surface area contributed by atoms with E-state index in [1.807, 2.05) is 0 Å². The first-order valence-corrected chi connectivity index (χ1v) is 11.5. The number of fused-ring (bicyclic) bond motifs is 1. The second kappa shape index (κ2) is 9.07. The number of rotatable bonds is 6. The van der Waals surface area contributed by atoms with Gasteiger partial charge in [-0.2, -0.15) is 0 Å². The van der Waals surface area contributed by atoms with Gasteiger partial charge in [-0.15, -0.1) is 0 Å². The molecule has 10 heteroatoms. The van der Waals surface area contributed by atoms with Crippen LogP contribution in [0.25, 0.3) is 0 Å². The third kappa shape index (κ3) is 5.06. The van der Waals surface area contributed by atoms with Crippen LogP contribution >= 0.6 is 0 Å². The van der Waals surface area contributed by atoms with Gasteiger partial charge in [0.25, 0.3) is 15.9 Å². The van der Waals surface area contributed by atoms with Gasteiger partial charge in [-0.1, -0.05) is 0 Å². The van der Waals surface area contributed by atoms with E-state index in [2.05, 4.69) is 10.0 Å². The number of sulfonamides is 1. The van der Waals surface area contributed by atoms with E-state index in [1.165, 1.54) is 49.4 Å². The highest BCUT2D eigenvalue weighted by Gasteiger charge is 2.20. The highest BCUT2D eigenvalue weighted by Crippen LogP contribution is 2.32. The zero-order valence-corrected chi connectivity index (χ0v) is 18.3. The minimum Gasteiger partial charge on any atom is -0.486 e. The number of anilines is 1. The van der Waals surface area contributed by atoms with Crippen molar-refractivity contribution in [3.63, 3.8) is 0 Å². The molecule has 0 aromatic heterocycles. The summed E-state index contributed by atoms with van der Waals surface area (Å²) in [6.07, 6.45) is 0. The molecule has 0 radical (unpaired) electrons. The SMILES string of the molecule is CC(NC(=O)c1ccc(NS(=O)(=O)c2ccc3c(c2)OCCO3)cc1)c1cc(F)ccc1F. The first kappa shape index (κ1) is 22.5. The van der Waals surface area contributed by atoms with Crippen molar-refractivity contribution >= 4 is 21.6 Å². The number of nitrogens with one attached hydrogen (secondary N) is 2. The molecule has 2 N–H and O–H groups in total. The minimum absolute atomic E-state index is 0.000450. The highest BCUT2D eigenvalue weighted by atomic mass is 32.2. The molecule has 7 nitrogen and oxygen atoms in total. The first-order chi connectivity index (χ1) is 15.7. The summed E-state index contributed by atoms with van der Waals surface area (Å²) in [4.78, 5) is 12.5. The number of carbonyl (C=O) groups is 1. The Kier molecular flexibility index (Phi) is 6.19. The van der Waals surface area contributed by atoms with Crippen molar-refractivity contribution < 1.29 is 31.5 Å². The van der Waals surface area contributed by atoms with Gasteiger partial charge in [-0.3, -0.25) is 9.52 Å². The quantitative estimate of drug-likeness (QED) is 0.563. The molecule has 4 rings (SSSR count). The van der Waals surface area contributed by atoms with Gasteiger partial charge in [0, 0.05) is 22.9 Å². The Bertz CT molecular complexity index is 1300. The van der Waals surface area contributed by atoms with Gasteiger partial charge in [0.05, 0.1) is 10.9 Å². The fourth-order valence-corrected chi connectivity index (χ4v) is 4.37. The first-order valence-electron chi connectivity index (χ1n) is 10.0. The Morgan fingerprint density at radius 1 is 0.939 bits per heavy atom. The van der Waals surface area contributed by atoms with Crippen LogP contribution in [0.3, 0.4) is 0 Å². The van der Waals surface area contributed by atoms with Gasteiger partial charge in [-0.05, 0) is 61.5 Å². The van der Waals surface area contributed by atoms with Crippen molar-refractivity contribution in [2.45, 2.75) is 17.9 Å². The molecule has 1 amide bonds. The predicted molar refractivity (Wildman–Crippen MR) is 117 cm³/mol. The molecular formula is C23H20F2N2O5S. The zero-order valence-electron chi connectivity index (χ0n) is 17.5. The van der Waals surface area contributed by atoms with Gasteiger partial charge in [0.2, 0.25) is 0 Å². The van der Waals surface area contributed by atoms with Crippen molar-refractivity contribution in [2.75, 3.05) is 17.9 Å². The molecule has 3 aromatic rings. The van der Waals surface area contributed by atoms with Gasteiger partial charge in [-0.25, -0.2) is 17.2 Å². The maximum absolute atomic E-state index is 13.9. The lowest BCUT2D eigenvalue weighted by atomic mass is 10.1. The molecule has 0 spiro atoms. The number of amides is 1. The van der Waals surface area contributed by atoms with E-state index in [0.29, 0.717) is 24.7 Å². The normalized spacial score (nSPS) is 13.8. The number of hydrogen-bond acceptors (Lipinski definition) is 5. The number of halogens is 2. The summed E-state index contributed by atoms with van der Waals surface area (Å²) in [6, 6.07) is 12.3. The maximum atomic E-state index is 13.9. The molecule has 33 heavy (non-hydrogen) atoms. The summed E-state index contributed by atoms with van der Waals surface area (Å²) < 4.78 is 66.0. The van der Waals surface area contributed by atoms with Gasteiger partial charge in [0.1, 0.15) is 24.8 Å². The summed E-state index contributed by atoms with van der Waals surface area (Å²) >= 11 is 0. The molecule has 1 aliphatic heterocycles. The van der Waals surface area contributed by atoms with Crippen LogP contribution in [0.15, 0.2) is 65.6 Å². The van der Waals surface area contributed by atoms with Crippen LogP contribution < -0.4 is 19.5 Å². The minimum atomic E-state index is -3.91. The Morgan fingerprint density at radius 2 is 1.64 bits per heavy atom. The van der Waals surface area contributed by atoms with Crippen LogP contribution in [-0.2, 0) is 10.0 Å². The second-order valence-corrected chi connectivity index (χ2v) is 9.03. The number of hydrogen-bond donors (Lipinski definition) is 2. The average Bonchev–Trinajstić information content (AvgIpc) is 2.80. The summed E-state index contributed by atoms with van der Waals surface area (Å²) in [7, 11) is -3.91. The summed E-state index contributed by atoms with van der Waals surface area (Å²) in [5, 5.41) is 2.59. The lowest BCUT2D eigenvalue weighted by Gasteiger charge is -2.19. The molecule has 1 aliphatic rings. The lowest BCUT2D eigenvalue weighted by molar-refractivity contribution is 0.0939. The Morgan fingerprint density at radius 3 is 2.36 bits per heavy atom. The van der Waals surface area contributed by atoms with E-state index >= 15 is 0 Å². The molecular weight excluding hydrogens is 454 g/mol. The Balaban J connectivity index is 1.44. The van der Waals surface area contributed by atoms with Gasteiger partial charge in [0.15, 0.2) is 11.5 Å². The predicted octanol–water partition coefficient (Wildman–Crippen LogP) is 4.03. The third-order valence-electron chi connectivity index (χ3n) is 5.00. The number of benzene rings is 3. The van der Waals surface area contributed by atoms with E-state index in [0.717, 1.165) is 18.2 Å². The fraction of sp³-hybridized carbons (Fsp3) is 0.174. The van der Waals surface area contributed by atoms with E-state index < -0.39 is 33.6 Å². The van der Waals surface area contributed by atoms with E-state index in [-0.39, 0.29) is 21.7 Å². The molecule has 0 saturated heterocycles. The fourth-order valence-electron chi connectivity index (χ4n) is 3.30. The molecule has 1 heterocycles. The van der Waals surface area contributed by atoms with Crippen LogP contribution in [0, 0.1) is 11.6 Å². The van der Waals surface area contributed by atoms with Crippen molar-refractivity contribution in [3.05, 3.63) is 83.4 Å². The number of ether oxygens (including phenoxy) is 2. The van der Waals surface area contributed by atoms with Crippen LogP contribution in [-0.4, -0.2) is 27.5 Å². The Labute approximate surface area is 189 Å². The molecule has 172 valence electrons. The molecule has 0 aliphatic carbocycles. The largest absolute Gasteiger partial charge is 0.486 e. The van der Waals surface area contributed by atoms with E-state index in [4.69, 9.17) is 9.47 Å². The monoisotopic (exact) mass is 474 g/mol. The van der Waals surface area contributed by atoms with Crippen molar-refractivity contribution in [1.29, 1.82) is 0 Å². The molecule has 0 bridgehead atoms. The van der Waals surface area contributed by atoms with Crippen LogP contribution in [0.4, 0.5) is 14.5 Å². The van der Waals surface area contributed by atoms with Crippen LogP contribution in [0.2, 0.25) is 0 Å². The molecule has 0 fully saturated rings. The van der Waals surface area contributed by atoms with Crippen molar-refractivity contribution in [3.8, 4) is 11.5 Å². The topological polar surface area (TPSA) is 93.7 Å². The van der Waals surface area contributed by atoms with E-state index in [9.17, 15) is 22.0 Å². The van der Waals surface area contributed by atoms with Crippen molar-refractivity contribution in [1.82, 2.24) is 5.32 Å². The molecule has 1 unspecified atom stereocenters. The molecule has 3 aromatic carbocycles. The summed E-state index contributed by atoms with van der Waals surface area (Å²) in [6.45, 7) is 2.26. The lowest BCUT2D eigenvalue weighted by Crippen LogP contribution is -2.27. The molecule has 1 atom stereocenters. The maximum Gasteiger partial charge on any atom is 0.262 e. The highest BCUT2D eigenvalue weighted by molar-refractivity contribution is 7.92. The standard InChI is InChI=1S/C23H20F2N2O5S/c1-14(19-12-16(24)4-8-20(19)25)26-23(28)15-2-5-17(6-3-15)27-33(29,30)18-7-9-21-22(13-18)32-11-10-31-21/h2-9,12-14,27H,10-11H2,1H3,(H,26,28). The zero-order chi connectivity index (χ0) is 23.6. The smallest absolute Gasteiger partial charge is 0.262 e. The van der Waals surface area contributed by atoms with Crippen LogP contribution in [0.1, 0.15) is 28.9 Å². The van der Waals surface area contributed by atoms with Crippen molar-refractivity contribution in [2.24, 2.45) is 0 Å². The Hall–Kier alpha value is -3.66. The summed E-state index contributed by atoms with van der Waals surface area (Å²) in [5.41, 5.74) is 0.485. The summed E-state index contributed by atoms with van der Waals surface area (Å²) in [5.74, 6) is -0.939. The number of carbonyl (C=O) groups excluding carboxylic acids is 1. The van der Waals surface area contributed by atoms with E-state index in [1.54, 1.807) is 0 Å². The average molecular weight is 474 g/mol. The second-order valence-electron chi connectivity index (χ2n) is 7.35.